The molecule has 26 heavy (non-hydrogen) atoms. The summed E-state index contributed by atoms with van der Waals surface area (Å²) in [6.45, 7) is 6.35. The highest BCUT2D eigenvalue weighted by Gasteiger charge is 2.40. The predicted octanol–water partition coefficient (Wildman–Crippen LogP) is 7.84. The van der Waals surface area contributed by atoms with Crippen molar-refractivity contribution in [1.82, 2.24) is 0 Å². The molecule has 0 atom stereocenters. The van der Waals surface area contributed by atoms with Crippen molar-refractivity contribution in [2.75, 3.05) is 0 Å². The smallest absolute Gasteiger partial charge is 0.0283 e. The van der Waals surface area contributed by atoms with Gasteiger partial charge in [0.2, 0.25) is 0 Å². The van der Waals surface area contributed by atoms with Gasteiger partial charge in [-0.25, -0.2) is 0 Å². The molecule has 0 heterocycles. The number of allylic oxidation sites excluding steroid dienone is 3. The van der Waals surface area contributed by atoms with Crippen molar-refractivity contribution in [3.05, 3.63) is 84.5 Å². The summed E-state index contributed by atoms with van der Waals surface area (Å²) in [5.74, 6) is 0. The Kier molecular flexibility index (Phi) is 6.50. The molecule has 1 aliphatic carbocycles. The molecular weight excluding hydrogens is 312 g/mol. The zero-order valence-electron chi connectivity index (χ0n) is 16.2. The molecule has 0 N–H and O–H groups in total. The molecule has 0 aromatic heterocycles. The third-order valence-electron chi connectivity index (χ3n) is 5.78. The van der Waals surface area contributed by atoms with Crippen molar-refractivity contribution in [1.29, 1.82) is 0 Å². The number of fused-ring (bicyclic) bond motifs is 3. The molecule has 0 spiro atoms. The lowest BCUT2D eigenvalue weighted by molar-refractivity contribution is 0.541. The van der Waals surface area contributed by atoms with Crippen LogP contribution in [-0.2, 0) is 5.41 Å². The number of unbranched alkanes of at least 4 members (excludes halogenated alkanes) is 5. The predicted molar refractivity (Wildman–Crippen MR) is 115 cm³/mol. The van der Waals surface area contributed by atoms with Gasteiger partial charge in [0, 0.05) is 5.41 Å². The lowest BCUT2D eigenvalue weighted by Gasteiger charge is -2.30. The Morgan fingerprint density at radius 2 is 1.38 bits per heavy atom. The zero-order valence-corrected chi connectivity index (χ0v) is 16.2. The van der Waals surface area contributed by atoms with Gasteiger partial charge in [-0.15, -0.1) is 6.58 Å². The Labute approximate surface area is 159 Å². The lowest BCUT2D eigenvalue weighted by Crippen LogP contribution is -2.23. The van der Waals surface area contributed by atoms with Gasteiger partial charge in [0.1, 0.15) is 0 Å². The van der Waals surface area contributed by atoms with E-state index in [1.165, 1.54) is 60.8 Å². The molecule has 0 saturated heterocycles. The van der Waals surface area contributed by atoms with E-state index in [-0.39, 0.29) is 5.41 Å². The molecule has 0 unspecified atom stereocenters. The first-order valence-electron chi connectivity index (χ1n) is 10.3. The van der Waals surface area contributed by atoms with Gasteiger partial charge in [-0.2, -0.15) is 0 Å². The summed E-state index contributed by atoms with van der Waals surface area (Å²) in [6, 6.07) is 17.9. The molecular formula is C26H32. The zero-order chi connectivity index (χ0) is 18.2. The molecule has 2 aromatic rings. The average Bonchev–Trinajstić information content (AvgIpc) is 2.95. The largest absolute Gasteiger partial charge is 0.103 e. The summed E-state index contributed by atoms with van der Waals surface area (Å²) in [5.41, 5.74) is 5.78. The average molecular weight is 345 g/mol. The van der Waals surface area contributed by atoms with Gasteiger partial charge >= 0.3 is 0 Å². The quantitative estimate of drug-likeness (QED) is 0.304. The molecule has 1 aliphatic rings. The summed E-state index contributed by atoms with van der Waals surface area (Å²) in [7, 11) is 0. The lowest BCUT2D eigenvalue weighted by atomic mass is 9.73. The maximum absolute atomic E-state index is 4.08. The first-order chi connectivity index (χ1) is 12.8. The summed E-state index contributed by atoms with van der Waals surface area (Å²) < 4.78 is 0. The van der Waals surface area contributed by atoms with Crippen LogP contribution < -0.4 is 0 Å². The number of hydrogen-bond donors (Lipinski definition) is 0. The first kappa shape index (κ1) is 18.7. The minimum atomic E-state index is 0.0493. The Morgan fingerprint density at radius 3 is 2.00 bits per heavy atom. The van der Waals surface area contributed by atoms with E-state index in [1.54, 1.807) is 0 Å². The Hall–Kier alpha value is -2.08. The van der Waals surface area contributed by atoms with Gasteiger partial charge in [0.25, 0.3) is 0 Å². The molecule has 2 aromatic carbocycles. The van der Waals surface area contributed by atoms with E-state index < -0.39 is 0 Å². The van der Waals surface area contributed by atoms with Crippen LogP contribution in [0, 0.1) is 0 Å². The molecule has 0 saturated carbocycles. The van der Waals surface area contributed by atoms with Crippen LogP contribution in [0.1, 0.15) is 69.4 Å². The third-order valence-corrected chi connectivity index (χ3v) is 5.78. The monoisotopic (exact) mass is 344 g/mol. The molecule has 0 nitrogen and oxygen atoms in total. The third kappa shape index (κ3) is 3.70. The number of benzene rings is 2. The van der Waals surface area contributed by atoms with Crippen LogP contribution in [0.4, 0.5) is 0 Å². The first-order valence-corrected chi connectivity index (χ1v) is 10.3. The number of hydrogen-bond acceptors (Lipinski definition) is 0. The summed E-state index contributed by atoms with van der Waals surface area (Å²) in [5, 5.41) is 0. The van der Waals surface area contributed by atoms with Crippen molar-refractivity contribution < 1.29 is 0 Å². The van der Waals surface area contributed by atoms with Gasteiger partial charge < -0.3 is 0 Å². The van der Waals surface area contributed by atoms with E-state index in [0.717, 1.165) is 12.8 Å². The Morgan fingerprint density at radius 1 is 0.769 bits per heavy atom. The number of rotatable bonds is 10. The van der Waals surface area contributed by atoms with E-state index in [4.69, 9.17) is 0 Å². The Bertz CT molecular complexity index is 705. The second-order valence-electron chi connectivity index (χ2n) is 7.54. The van der Waals surface area contributed by atoms with Crippen molar-refractivity contribution in [2.24, 2.45) is 0 Å². The highest BCUT2D eigenvalue weighted by Crippen LogP contribution is 2.52. The Balaban J connectivity index is 1.78. The minimum absolute atomic E-state index is 0.0493. The minimum Gasteiger partial charge on any atom is -0.103 e. The standard InChI is InChI=1S/C26H32/c1-3-5-6-7-8-9-10-15-21-26(20-4-2)24-18-13-11-16-22(24)23-17-12-14-19-25(23)26/h4,10-19H,2-3,5-9,20-21H2,1H3. The van der Waals surface area contributed by atoms with Gasteiger partial charge in [0.05, 0.1) is 0 Å². The summed E-state index contributed by atoms with van der Waals surface area (Å²) >= 11 is 0. The molecule has 136 valence electrons. The SMILES string of the molecule is C=CCC1(CC=CCCCCCCC)c2ccccc2-c2ccccc21. The molecule has 0 fully saturated rings. The summed E-state index contributed by atoms with van der Waals surface area (Å²) in [4.78, 5) is 0. The fourth-order valence-corrected chi connectivity index (χ4v) is 4.45. The highest BCUT2D eigenvalue weighted by molar-refractivity contribution is 5.81. The molecule has 0 aliphatic heterocycles. The van der Waals surface area contributed by atoms with E-state index in [0.29, 0.717) is 0 Å². The van der Waals surface area contributed by atoms with E-state index in [1.807, 2.05) is 0 Å². The van der Waals surface area contributed by atoms with Crippen molar-refractivity contribution in [3.8, 4) is 11.1 Å². The van der Waals surface area contributed by atoms with Crippen molar-refractivity contribution in [2.45, 2.75) is 63.7 Å². The maximum atomic E-state index is 4.08. The molecule has 0 radical (unpaired) electrons. The second-order valence-corrected chi connectivity index (χ2v) is 7.54. The summed E-state index contributed by atoms with van der Waals surface area (Å²) in [6.07, 6.45) is 16.9. The normalized spacial score (nSPS) is 14.3. The van der Waals surface area contributed by atoms with Crippen molar-refractivity contribution >= 4 is 0 Å². The van der Waals surface area contributed by atoms with Crippen molar-refractivity contribution in [3.63, 3.8) is 0 Å². The van der Waals surface area contributed by atoms with Crippen LogP contribution in [0.3, 0.4) is 0 Å². The van der Waals surface area contributed by atoms with Gasteiger partial charge in [-0.3, -0.25) is 0 Å². The van der Waals surface area contributed by atoms with Crippen LogP contribution in [0.25, 0.3) is 11.1 Å². The fourth-order valence-electron chi connectivity index (χ4n) is 4.45. The molecule has 0 amide bonds. The van der Waals surface area contributed by atoms with E-state index >= 15 is 0 Å². The van der Waals surface area contributed by atoms with E-state index in [9.17, 15) is 0 Å². The molecule has 0 heteroatoms. The fraction of sp³-hybridized carbons (Fsp3) is 0.385. The topological polar surface area (TPSA) is 0 Å². The molecule has 3 rings (SSSR count). The van der Waals surface area contributed by atoms with Crippen LogP contribution in [0.5, 0.6) is 0 Å². The van der Waals surface area contributed by atoms with Crippen LogP contribution in [0.15, 0.2) is 73.3 Å². The highest BCUT2D eigenvalue weighted by atomic mass is 14.4. The maximum Gasteiger partial charge on any atom is 0.0283 e. The van der Waals surface area contributed by atoms with Gasteiger partial charge in [-0.05, 0) is 47.9 Å². The van der Waals surface area contributed by atoms with Crippen LogP contribution in [0.2, 0.25) is 0 Å². The van der Waals surface area contributed by atoms with E-state index in [2.05, 4.69) is 80.3 Å². The van der Waals surface area contributed by atoms with Gasteiger partial charge in [0.15, 0.2) is 0 Å². The van der Waals surface area contributed by atoms with Gasteiger partial charge in [-0.1, -0.05) is 99.4 Å². The van der Waals surface area contributed by atoms with Crippen LogP contribution >= 0.6 is 0 Å². The molecule has 0 bridgehead atoms. The second kappa shape index (κ2) is 9.03. The van der Waals surface area contributed by atoms with Crippen LogP contribution in [-0.4, -0.2) is 0 Å².